The molecule has 2 amide bonds. The number of halogens is 1. The van der Waals surface area contributed by atoms with E-state index in [-0.39, 0.29) is 34.7 Å². The van der Waals surface area contributed by atoms with E-state index in [1.807, 2.05) is 6.92 Å². The summed E-state index contributed by atoms with van der Waals surface area (Å²) in [5, 5.41) is 0.242. The minimum Gasteiger partial charge on any atom is -0.375 e. The minimum atomic E-state index is -0.602. The summed E-state index contributed by atoms with van der Waals surface area (Å²) in [4.78, 5) is 31.3. The fraction of sp³-hybridized carbons (Fsp3) is 0.353. The summed E-state index contributed by atoms with van der Waals surface area (Å²) < 4.78 is 13.6. The molecule has 4 rings (SSSR count). The Morgan fingerprint density at radius 1 is 1.40 bits per heavy atom. The molecule has 0 unspecified atom stereocenters. The summed E-state index contributed by atoms with van der Waals surface area (Å²) in [7, 11) is 0. The van der Waals surface area contributed by atoms with Crippen LogP contribution in [0.25, 0.3) is 10.4 Å². The number of benzene rings is 1. The summed E-state index contributed by atoms with van der Waals surface area (Å²) in [6, 6.07) is 5.68. The van der Waals surface area contributed by atoms with Gasteiger partial charge in [0.25, 0.3) is 5.91 Å². The van der Waals surface area contributed by atoms with Crippen LogP contribution < -0.4 is 11.5 Å². The minimum absolute atomic E-state index is 0.109. The average molecular weight is 360 g/mol. The van der Waals surface area contributed by atoms with Crippen LogP contribution in [0.3, 0.4) is 0 Å². The number of nitrogens with zero attached hydrogens (tertiary/aromatic N) is 2. The van der Waals surface area contributed by atoms with Crippen LogP contribution in [-0.2, 0) is 4.79 Å². The monoisotopic (exact) mass is 360 g/mol. The number of hydrogen-bond acceptors (Lipinski definition) is 5. The topological polar surface area (TPSA) is 102 Å². The molecule has 2 heterocycles. The number of likely N-dealkylation sites (tertiary alicyclic amines) is 1. The molecule has 2 aliphatic rings. The lowest BCUT2D eigenvalue weighted by molar-refractivity contribution is -0.123. The normalized spacial score (nSPS) is 27.2. The average Bonchev–Trinajstić information content (AvgIpc) is 2.98. The van der Waals surface area contributed by atoms with Gasteiger partial charge in [-0.05, 0) is 37.5 Å². The second kappa shape index (κ2) is 5.26. The van der Waals surface area contributed by atoms with Gasteiger partial charge in [0.1, 0.15) is 11.5 Å². The third-order valence-corrected chi connectivity index (χ3v) is 6.10. The van der Waals surface area contributed by atoms with E-state index in [9.17, 15) is 14.0 Å². The third kappa shape index (κ3) is 2.31. The number of hydrogen-bond donors (Lipinski definition) is 2. The molecule has 3 atom stereocenters. The first-order valence-corrected chi connectivity index (χ1v) is 8.80. The molecule has 1 aliphatic heterocycles. The highest BCUT2D eigenvalue weighted by molar-refractivity contribution is 7.19. The molecule has 1 saturated heterocycles. The molecule has 1 saturated carbocycles. The summed E-state index contributed by atoms with van der Waals surface area (Å²) >= 11 is 1.15. The van der Waals surface area contributed by atoms with Crippen molar-refractivity contribution < 1.29 is 14.0 Å². The summed E-state index contributed by atoms with van der Waals surface area (Å²) in [6.45, 7) is 1.90. The number of primary amides is 1. The number of carbonyl (C=O) groups is 2. The number of amides is 2. The van der Waals surface area contributed by atoms with E-state index in [2.05, 4.69) is 4.98 Å². The molecule has 6 nitrogen and oxygen atoms in total. The maximum atomic E-state index is 13.6. The van der Waals surface area contributed by atoms with Crippen molar-refractivity contribution >= 4 is 28.3 Å². The van der Waals surface area contributed by atoms with Crippen LogP contribution in [0.5, 0.6) is 0 Å². The molecule has 4 N–H and O–H groups in total. The van der Waals surface area contributed by atoms with Gasteiger partial charge in [-0.3, -0.25) is 9.59 Å². The molecule has 25 heavy (non-hydrogen) atoms. The number of nitrogens with two attached hydrogens (primary N) is 2. The molecular weight excluding hydrogens is 343 g/mol. The smallest absolute Gasteiger partial charge is 0.274 e. The van der Waals surface area contributed by atoms with Gasteiger partial charge in [-0.1, -0.05) is 23.5 Å². The molecule has 130 valence electrons. The van der Waals surface area contributed by atoms with Crippen LogP contribution >= 0.6 is 11.3 Å². The van der Waals surface area contributed by atoms with E-state index in [4.69, 9.17) is 11.5 Å². The van der Waals surface area contributed by atoms with Crippen molar-refractivity contribution in [1.82, 2.24) is 9.88 Å². The number of fused-ring (bicyclic) bond motifs is 1. The van der Waals surface area contributed by atoms with Gasteiger partial charge < -0.3 is 16.4 Å². The molecule has 1 aromatic heterocycles. The maximum absolute atomic E-state index is 13.6. The van der Waals surface area contributed by atoms with Gasteiger partial charge >= 0.3 is 0 Å². The van der Waals surface area contributed by atoms with E-state index in [0.29, 0.717) is 23.3 Å². The Hall–Kier alpha value is -2.48. The zero-order valence-electron chi connectivity index (χ0n) is 13.5. The lowest BCUT2D eigenvalue weighted by Crippen LogP contribution is -2.37. The van der Waals surface area contributed by atoms with Crippen LogP contribution in [0, 0.1) is 11.2 Å². The molecule has 2 fully saturated rings. The Morgan fingerprint density at radius 2 is 2.16 bits per heavy atom. The number of anilines is 1. The standard InChI is InChI=1S/C17H17FN4O2S/c1-8-6-17(15(19)24)7-11(17)22(8)14(23)12-13(25-16(20)21-12)9-3-2-4-10(18)5-9/h2-5,8,11H,6-7H2,1H3,(H2,19,24)(H2,20,21)/t8-,11-,17+/m0/s1. The molecule has 1 aliphatic carbocycles. The number of carbonyl (C=O) groups excluding carboxylic acids is 2. The lowest BCUT2D eigenvalue weighted by atomic mass is 10.00. The zero-order chi connectivity index (χ0) is 17.9. The van der Waals surface area contributed by atoms with E-state index in [0.717, 1.165) is 11.3 Å². The highest BCUT2D eigenvalue weighted by atomic mass is 32.1. The zero-order valence-corrected chi connectivity index (χ0v) is 14.3. The maximum Gasteiger partial charge on any atom is 0.274 e. The molecule has 2 aromatic rings. The molecule has 0 spiro atoms. The fourth-order valence-corrected chi connectivity index (χ4v) is 4.76. The predicted octanol–water partition coefficient (Wildman–Crippen LogP) is 2.01. The van der Waals surface area contributed by atoms with Gasteiger partial charge in [-0.25, -0.2) is 9.37 Å². The second-order valence-electron chi connectivity index (χ2n) is 6.75. The number of piperidine rings is 1. The Morgan fingerprint density at radius 3 is 2.80 bits per heavy atom. The van der Waals surface area contributed by atoms with E-state index < -0.39 is 11.2 Å². The van der Waals surface area contributed by atoms with E-state index >= 15 is 0 Å². The van der Waals surface area contributed by atoms with Crippen LogP contribution in [0.2, 0.25) is 0 Å². The van der Waals surface area contributed by atoms with Crippen molar-refractivity contribution in [3.05, 3.63) is 35.8 Å². The molecular formula is C17H17FN4O2S. The second-order valence-corrected chi connectivity index (χ2v) is 7.78. The Labute approximate surface area is 147 Å². The van der Waals surface area contributed by atoms with Crippen LogP contribution in [0.1, 0.15) is 30.3 Å². The highest BCUT2D eigenvalue weighted by Gasteiger charge is 2.68. The Balaban J connectivity index is 1.72. The lowest BCUT2D eigenvalue weighted by Gasteiger charge is -2.24. The first-order valence-electron chi connectivity index (χ1n) is 7.98. The SMILES string of the molecule is C[C@H]1C[C@@]2(C(N)=O)C[C@@H]2N1C(=O)c1nc(N)sc1-c1cccc(F)c1. The molecule has 0 bridgehead atoms. The van der Waals surface area contributed by atoms with E-state index in [1.165, 1.54) is 12.1 Å². The fourth-order valence-electron chi connectivity index (χ4n) is 3.94. The number of rotatable bonds is 3. The van der Waals surface area contributed by atoms with Crippen molar-refractivity contribution in [3.63, 3.8) is 0 Å². The molecule has 1 aromatic carbocycles. The first kappa shape index (κ1) is 16.0. The van der Waals surface area contributed by atoms with Gasteiger partial charge in [0, 0.05) is 12.1 Å². The van der Waals surface area contributed by atoms with Gasteiger partial charge in [0.15, 0.2) is 5.13 Å². The first-order chi connectivity index (χ1) is 11.8. The largest absolute Gasteiger partial charge is 0.375 e. The predicted molar refractivity (Wildman–Crippen MR) is 92.2 cm³/mol. The van der Waals surface area contributed by atoms with Crippen LogP contribution in [0.15, 0.2) is 24.3 Å². The van der Waals surface area contributed by atoms with Gasteiger partial charge in [-0.15, -0.1) is 0 Å². The highest BCUT2D eigenvalue weighted by Crippen LogP contribution is 2.59. The van der Waals surface area contributed by atoms with Gasteiger partial charge in [0.2, 0.25) is 5.91 Å². The van der Waals surface area contributed by atoms with Crippen molar-refractivity contribution in [2.75, 3.05) is 5.73 Å². The Kier molecular flexibility index (Phi) is 3.37. The van der Waals surface area contributed by atoms with Crippen LogP contribution in [0.4, 0.5) is 9.52 Å². The van der Waals surface area contributed by atoms with Crippen LogP contribution in [-0.4, -0.2) is 33.8 Å². The van der Waals surface area contributed by atoms with Crippen molar-refractivity contribution in [2.45, 2.75) is 31.8 Å². The number of thiazole rings is 1. The summed E-state index contributed by atoms with van der Waals surface area (Å²) in [5.41, 5.74) is 11.5. The Bertz CT molecular complexity index is 899. The van der Waals surface area contributed by atoms with Crippen molar-refractivity contribution in [1.29, 1.82) is 0 Å². The van der Waals surface area contributed by atoms with Crippen molar-refractivity contribution in [2.24, 2.45) is 11.1 Å². The number of aromatic nitrogens is 1. The van der Waals surface area contributed by atoms with Gasteiger partial charge in [0.05, 0.1) is 10.3 Å². The summed E-state index contributed by atoms with van der Waals surface area (Å²) in [5.74, 6) is -1.04. The number of nitrogen functional groups attached to an aromatic ring is 1. The van der Waals surface area contributed by atoms with E-state index in [1.54, 1.807) is 17.0 Å². The van der Waals surface area contributed by atoms with Gasteiger partial charge in [-0.2, -0.15) is 0 Å². The molecule has 8 heteroatoms. The summed E-state index contributed by atoms with van der Waals surface area (Å²) in [6.07, 6.45) is 1.15. The quantitative estimate of drug-likeness (QED) is 0.874. The third-order valence-electron chi connectivity index (χ3n) is 5.16. The van der Waals surface area contributed by atoms with Crippen molar-refractivity contribution in [3.8, 4) is 10.4 Å². The molecule has 0 radical (unpaired) electrons.